The zero-order chi connectivity index (χ0) is 21.5. The van der Waals surface area contributed by atoms with Crippen LogP contribution in [0.2, 0.25) is 0 Å². The lowest BCUT2D eigenvalue weighted by molar-refractivity contribution is -0.121. The van der Waals surface area contributed by atoms with E-state index in [1.807, 2.05) is 43.3 Å². The summed E-state index contributed by atoms with van der Waals surface area (Å²) < 4.78 is 1.42. The van der Waals surface area contributed by atoms with Gasteiger partial charge < -0.3 is 16.4 Å². The maximum Gasteiger partial charge on any atom is 0.293 e. The van der Waals surface area contributed by atoms with Crippen molar-refractivity contribution in [3.05, 3.63) is 81.5 Å². The first-order valence-corrected chi connectivity index (χ1v) is 9.77. The number of benzene rings is 1. The van der Waals surface area contributed by atoms with Gasteiger partial charge in [0.25, 0.3) is 5.56 Å². The molecule has 0 saturated heterocycles. The number of nitrogen functional groups attached to an aromatic ring is 1. The Morgan fingerprint density at radius 2 is 1.81 bits per heavy atom. The SMILES string of the molecule is Cc1nc(N)ccc1CNC(=O)Cn1c(C)cnc(NCCc2ccccc2)c1=O.Cl.Cl. The van der Waals surface area contributed by atoms with Gasteiger partial charge in [-0.05, 0) is 37.5 Å². The van der Waals surface area contributed by atoms with Crippen LogP contribution in [-0.2, 0) is 24.3 Å². The number of pyridine rings is 1. The first-order valence-electron chi connectivity index (χ1n) is 9.77. The topological polar surface area (TPSA) is 115 Å². The molecule has 0 unspecified atom stereocenters. The quantitative estimate of drug-likeness (QED) is 0.458. The molecule has 0 aliphatic heterocycles. The molecule has 1 amide bonds. The van der Waals surface area contributed by atoms with Gasteiger partial charge in [0.05, 0.1) is 0 Å². The molecular formula is C22H28Cl2N6O2. The predicted molar refractivity (Wildman–Crippen MR) is 132 cm³/mol. The van der Waals surface area contributed by atoms with Gasteiger partial charge in [0.2, 0.25) is 5.91 Å². The summed E-state index contributed by atoms with van der Waals surface area (Å²) in [5.41, 5.74) is 8.76. The summed E-state index contributed by atoms with van der Waals surface area (Å²) in [6, 6.07) is 13.5. The maximum absolute atomic E-state index is 12.8. The van der Waals surface area contributed by atoms with Crippen LogP contribution in [0.25, 0.3) is 0 Å². The van der Waals surface area contributed by atoms with E-state index in [9.17, 15) is 9.59 Å². The lowest BCUT2D eigenvalue weighted by Gasteiger charge is -2.13. The van der Waals surface area contributed by atoms with Gasteiger partial charge in [-0.3, -0.25) is 14.2 Å². The van der Waals surface area contributed by atoms with Gasteiger partial charge in [0.1, 0.15) is 12.4 Å². The molecule has 0 aliphatic rings. The molecule has 2 aromatic heterocycles. The molecule has 172 valence electrons. The van der Waals surface area contributed by atoms with Crippen LogP contribution in [0.1, 0.15) is 22.5 Å². The third-order valence-electron chi connectivity index (χ3n) is 4.80. The van der Waals surface area contributed by atoms with Gasteiger partial charge >= 0.3 is 0 Å². The van der Waals surface area contributed by atoms with Gasteiger partial charge in [-0.15, -0.1) is 24.8 Å². The van der Waals surface area contributed by atoms with Crippen LogP contribution in [0.5, 0.6) is 0 Å². The van der Waals surface area contributed by atoms with Crippen molar-refractivity contribution in [2.45, 2.75) is 33.4 Å². The zero-order valence-electron chi connectivity index (χ0n) is 18.0. The minimum atomic E-state index is -0.316. The number of amides is 1. The summed E-state index contributed by atoms with van der Waals surface area (Å²) in [5.74, 6) is 0.412. The highest BCUT2D eigenvalue weighted by Gasteiger charge is 2.12. The second-order valence-electron chi connectivity index (χ2n) is 7.06. The number of aromatic nitrogens is 3. The Morgan fingerprint density at radius 3 is 2.50 bits per heavy atom. The molecule has 0 bridgehead atoms. The number of halogens is 2. The van der Waals surface area contributed by atoms with Crippen molar-refractivity contribution in [1.82, 2.24) is 19.9 Å². The fourth-order valence-corrected chi connectivity index (χ4v) is 3.05. The van der Waals surface area contributed by atoms with Crippen LogP contribution < -0.4 is 21.9 Å². The zero-order valence-corrected chi connectivity index (χ0v) is 19.6. The van der Waals surface area contributed by atoms with E-state index in [-0.39, 0.29) is 48.6 Å². The van der Waals surface area contributed by atoms with Crippen molar-refractivity contribution in [3.8, 4) is 0 Å². The predicted octanol–water partition coefficient (Wildman–Crippen LogP) is 2.65. The minimum absolute atomic E-state index is 0. The molecule has 8 nitrogen and oxygen atoms in total. The summed E-state index contributed by atoms with van der Waals surface area (Å²) in [4.78, 5) is 33.6. The van der Waals surface area contributed by atoms with E-state index in [2.05, 4.69) is 20.6 Å². The lowest BCUT2D eigenvalue weighted by atomic mass is 10.1. The molecule has 32 heavy (non-hydrogen) atoms. The van der Waals surface area contributed by atoms with Crippen LogP contribution in [-0.4, -0.2) is 27.0 Å². The fraction of sp³-hybridized carbons (Fsp3) is 0.273. The number of nitrogens with one attached hydrogen (secondary N) is 2. The number of anilines is 2. The van der Waals surface area contributed by atoms with Gasteiger partial charge in [0, 0.05) is 30.7 Å². The molecule has 0 fully saturated rings. The number of nitrogens with zero attached hydrogens (tertiary/aromatic N) is 3. The van der Waals surface area contributed by atoms with E-state index in [1.54, 1.807) is 19.2 Å². The molecule has 4 N–H and O–H groups in total. The Balaban J connectivity index is 0.00000256. The number of carbonyl (C=O) groups is 1. The molecule has 0 radical (unpaired) electrons. The summed E-state index contributed by atoms with van der Waals surface area (Å²) in [5, 5.41) is 5.90. The number of aryl methyl sites for hydroxylation is 2. The number of hydrogen-bond acceptors (Lipinski definition) is 6. The van der Waals surface area contributed by atoms with Crippen LogP contribution >= 0.6 is 24.8 Å². The molecular weight excluding hydrogens is 451 g/mol. The van der Waals surface area contributed by atoms with Gasteiger partial charge in [-0.2, -0.15) is 0 Å². The van der Waals surface area contributed by atoms with Crippen LogP contribution in [0.4, 0.5) is 11.6 Å². The first kappa shape index (κ1) is 26.9. The summed E-state index contributed by atoms with van der Waals surface area (Å²) >= 11 is 0. The molecule has 3 aromatic rings. The second-order valence-corrected chi connectivity index (χ2v) is 7.06. The Kier molecular flexibility index (Phi) is 10.7. The van der Waals surface area contributed by atoms with Crippen molar-refractivity contribution in [3.63, 3.8) is 0 Å². The molecule has 0 spiro atoms. The first-order chi connectivity index (χ1) is 14.4. The molecule has 0 atom stereocenters. The smallest absolute Gasteiger partial charge is 0.293 e. The highest BCUT2D eigenvalue weighted by atomic mass is 35.5. The van der Waals surface area contributed by atoms with Crippen molar-refractivity contribution in [2.24, 2.45) is 0 Å². The van der Waals surface area contributed by atoms with Crippen molar-refractivity contribution in [1.29, 1.82) is 0 Å². The Bertz CT molecular complexity index is 1090. The summed E-state index contributed by atoms with van der Waals surface area (Å²) in [6.07, 6.45) is 2.36. The number of hydrogen-bond donors (Lipinski definition) is 3. The summed E-state index contributed by atoms with van der Waals surface area (Å²) in [6.45, 7) is 4.40. The molecule has 0 saturated carbocycles. The third-order valence-corrected chi connectivity index (χ3v) is 4.80. The van der Waals surface area contributed by atoms with Gasteiger partial charge in [-0.1, -0.05) is 36.4 Å². The maximum atomic E-state index is 12.8. The Hall–Kier alpha value is -3.10. The molecule has 1 aromatic carbocycles. The van der Waals surface area contributed by atoms with Crippen LogP contribution in [0, 0.1) is 13.8 Å². The molecule has 10 heteroatoms. The van der Waals surface area contributed by atoms with E-state index in [4.69, 9.17) is 5.73 Å². The highest BCUT2D eigenvalue weighted by Crippen LogP contribution is 2.08. The number of carbonyl (C=O) groups excluding carboxylic acids is 1. The van der Waals surface area contributed by atoms with Gasteiger partial charge in [0.15, 0.2) is 5.82 Å². The van der Waals surface area contributed by atoms with E-state index in [0.717, 1.165) is 17.7 Å². The van der Waals surface area contributed by atoms with Crippen molar-refractivity contribution in [2.75, 3.05) is 17.6 Å². The average Bonchev–Trinajstić information content (AvgIpc) is 2.73. The van der Waals surface area contributed by atoms with E-state index in [0.29, 0.717) is 24.6 Å². The number of rotatable bonds is 8. The third kappa shape index (κ3) is 7.25. The van der Waals surface area contributed by atoms with E-state index >= 15 is 0 Å². The average molecular weight is 479 g/mol. The Labute approximate surface area is 199 Å². The Morgan fingerprint density at radius 1 is 1.09 bits per heavy atom. The summed E-state index contributed by atoms with van der Waals surface area (Å²) in [7, 11) is 0. The fourth-order valence-electron chi connectivity index (χ4n) is 3.05. The molecule has 3 rings (SSSR count). The minimum Gasteiger partial charge on any atom is -0.384 e. The second kappa shape index (κ2) is 12.7. The lowest BCUT2D eigenvalue weighted by Crippen LogP contribution is -2.34. The monoisotopic (exact) mass is 478 g/mol. The van der Waals surface area contributed by atoms with Crippen molar-refractivity contribution >= 4 is 42.4 Å². The highest BCUT2D eigenvalue weighted by molar-refractivity contribution is 5.85. The van der Waals surface area contributed by atoms with Crippen LogP contribution in [0.15, 0.2) is 53.5 Å². The van der Waals surface area contributed by atoms with Crippen LogP contribution in [0.3, 0.4) is 0 Å². The van der Waals surface area contributed by atoms with Gasteiger partial charge in [-0.25, -0.2) is 9.97 Å². The van der Waals surface area contributed by atoms with Crippen molar-refractivity contribution < 1.29 is 4.79 Å². The molecule has 2 heterocycles. The standard InChI is InChI=1S/C22H26N6O2.2ClH/c1-15-12-26-21(24-11-10-17-6-4-3-5-7-17)22(30)28(15)14-20(29)25-13-18-8-9-19(23)27-16(18)2;;/h3-9,12H,10-11,13-14H2,1-2H3,(H2,23,27)(H,24,26)(H,25,29);2*1H. The largest absolute Gasteiger partial charge is 0.384 e. The van der Waals surface area contributed by atoms with E-state index in [1.165, 1.54) is 10.1 Å². The normalized spacial score (nSPS) is 9.94. The molecule has 0 aliphatic carbocycles. The van der Waals surface area contributed by atoms with E-state index < -0.39 is 0 Å². The number of nitrogens with two attached hydrogens (primary N) is 1.